The summed E-state index contributed by atoms with van der Waals surface area (Å²) in [5.41, 5.74) is 9.78. The number of nitrogens with one attached hydrogen (secondary N) is 3. The van der Waals surface area contributed by atoms with Crippen LogP contribution in [0.2, 0.25) is 0 Å². The van der Waals surface area contributed by atoms with Crippen LogP contribution in [0.15, 0.2) is 36.9 Å². The fraction of sp³-hybridized carbons (Fsp3) is 0.533. The molecule has 8 nitrogen and oxygen atoms in total. The van der Waals surface area contributed by atoms with Crippen LogP contribution in [0.1, 0.15) is 76.7 Å². The Labute approximate surface area is 224 Å². The van der Waals surface area contributed by atoms with Gasteiger partial charge >= 0.3 is 0 Å². The molecule has 3 fully saturated rings. The molecule has 2 saturated carbocycles. The summed E-state index contributed by atoms with van der Waals surface area (Å²) in [4.78, 5) is 22.2. The summed E-state index contributed by atoms with van der Waals surface area (Å²) in [6, 6.07) is 4.90. The summed E-state index contributed by atoms with van der Waals surface area (Å²) in [6.07, 6.45) is 17.8. The first kappa shape index (κ1) is 25.2. The van der Waals surface area contributed by atoms with E-state index in [9.17, 15) is 0 Å². The molecular weight excluding hydrogens is 472 g/mol. The van der Waals surface area contributed by atoms with Gasteiger partial charge in [-0.25, -0.2) is 15.0 Å². The summed E-state index contributed by atoms with van der Waals surface area (Å²) in [6.45, 7) is 6.64. The maximum Gasteiger partial charge on any atom is 0.163 e. The lowest BCUT2D eigenvalue weighted by atomic mass is 9.80. The van der Waals surface area contributed by atoms with Gasteiger partial charge in [0, 0.05) is 53.6 Å². The molecule has 5 N–H and O–H groups in total. The zero-order chi connectivity index (χ0) is 26.1. The molecule has 0 aromatic carbocycles. The Hall–Kier alpha value is -3.10. The molecule has 2 aliphatic carbocycles. The molecule has 1 aliphatic heterocycles. The molecule has 0 spiro atoms. The van der Waals surface area contributed by atoms with Gasteiger partial charge in [0.2, 0.25) is 0 Å². The molecule has 1 atom stereocenters. The van der Waals surface area contributed by atoms with Crippen molar-refractivity contribution in [2.75, 3.05) is 18.4 Å². The minimum atomic E-state index is 0.132. The maximum atomic E-state index is 5.63. The number of pyridine rings is 2. The highest BCUT2D eigenvalue weighted by atomic mass is 15.1. The van der Waals surface area contributed by atoms with Crippen LogP contribution >= 0.6 is 0 Å². The summed E-state index contributed by atoms with van der Waals surface area (Å²) < 4.78 is 0. The smallest absolute Gasteiger partial charge is 0.163 e. The predicted octanol–water partition coefficient (Wildman–Crippen LogP) is 5.52. The van der Waals surface area contributed by atoms with E-state index >= 15 is 0 Å². The molecule has 1 unspecified atom stereocenters. The van der Waals surface area contributed by atoms with Crippen LogP contribution in [-0.4, -0.2) is 50.1 Å². The third-order valence-electron chi connectivity index (χ3n) is 8.45. The molecular formula is C30H40N8. The fourth-order valence-corrected chi connectivity index (χ4v) is 5.93. The Morgan fingerprint density at radius 1 is 1.00 bits per heavy atom. The number of hydrogen-bond acceptors (Lipinski definition) is 7. The molecule has 1 saturated heterocycles. The summed E-state index contributed by atoms with van der Waals surface area (Å²) in [5, 5.41) is 9.54. The van der Waals surface area contributed by atoms with E-state index in [2.05, 4.69) is 39.4 Å². The molecule has 7 rings (SSSR count). The van der Waals surface area contributed by atoms with E-state index in [1.54, 1.807) is 0 Å². The second-order valence-electron chi connectivity index (χ2n) is 11.9. The lowest BCUT2D eigenvalue weighted by Gasteiger charge is -2.40. The quantitative estimate of drug-likeness (QED) is 0.284. The third kappa shape index (κ3) is 5.24. The Morgan fingerprint density at radius 2 is 1.84 bits per heavy atom. The molecule has 8 heteroatoms. The molecule has 200 valence electrons. The molecule has 0 amide bonds. The topological polar surface area (TPSA) is 117 Å². The zero-order valence-corrected chi connectivity index (χ0v) is 22.6. The number of nitrogens with zero attached hydrogens (tertiary/aromatic N) is 4. The van der Waals surface area contributed by atoms with E-state index in [4.69, 9.17) is 15.7 Å². The molecule has 4 aromatic rings. The molecule has 0 radical (unpaired) electrons. The number of anilines is 1. The predicted molar refractivity (Wildman–Crippen MR) is 154 cm³/mol. The van der Waals surface area contributed by atoms with Crippen molar-refractivity contribution in [1.82, 2.24) is 30.2 Å². The van der Waals surface area contributed by atoms with Gasteiger partial charge in [0.05, 0.1) is 11.7 Å². The van der Waals surface area contributed by atoms with Gasteiger partial charge in [-0.15, -0.1) is 0 Å². The average Bonchev–Trinajstić information content (AvgIpc) is 3.66. The van der Waals surface area contributed by atoms with Crippen molar-refractivity contribution in [3.63, 3.8) is 0 Å². The lowest BCUT2D eigenvalue weighted by Crippen LogP contribution is -2.49. The Kier molecular flexibility index (Phi) is 7.01. The van der Waals surface area contributed by atoms with Crippen LogP contribution in [0.3, 0.4) is 0 Å². The first-order valence-corrected chi connectivity index (χ1v) is 14.3. The highest BCUT2D eigenvalue weighted by Gasteiger charge is 2.34. The van der Waals surface area contributed by atoms with Gasteiger partial charge < -0.3 is 21.4 Å². The summed E-state index contributed by atoms with van der Waals surface area (Å²) in [7, 11) is 0. The van der Waals surface area contributed by atoms with E-state index < -0.39 is 0 Å². The van der Waals surface area contributed by atoms with Crippen molar-refractivity contribution in [3.8, 4) is 11.4 Å². The van der Waals surface area contributed by atoms with Crippen LogP contribution in [-0.2, 0) is 0 Å². The van der Waals surface area contributed by atoms with Gasteiger partial charge in [-0.3, -0.25) is 4.98 Å². The minimum absolute atomic E-state index is 0.132. The maximum absolute atomic E-state index is 5.63. The van der Waals surface area contributed by atoms with Crippen LogP contribution in [0, 0.1) is 5.41 Å². The number of aromatic nitrogens is 5. The lowest BCUT2D eigenvalue weighted by molar-refractivity contribution is 0.236. The van der Waals surface area contributed by atoms with E-state index in [1.807, 2.05) is 36.9 Å². The molecule has 0 bridgehead atoms. The van der Waals surface area contributed by atoms with Gasteiger partial charge in [0.25, 0.3) is 0 Å². The minimum Gasteiger partial charge on any atom is -0.366 e. The Balaban J connectivity index is 0.000000330. The number of nitrogens with two attached hydrogens (primary N) is 1. The molecule has 5 heterocycles. The van der Waals surface area contributed by atoms with Crippen LogP contribution in [0.25, 0.3) is 33.3 Å². The van der Waals surface area contributed by atoms with Crippen molar-refractivity contribution in [2.24, 2.45) is 11.1 Å². The number of piperidine rings is 1. The largest absolute Gasteiger partial charge is 0.366 e. The van der Waals surface area contributed by atoms with Crippen molar-refractivity contribution < 1.29 is 0 Å². The highest BCUT2D eigenvalue weighted by molar-refractivity contribution is 5.96. The van der Waals surface area contributed by atoms with Gasteiger partial charge in [0.15, 0.2) is 5.82 Å². The second-order valence-corrected chi connectivity index (χ2v) is 11.9. The number of H-pyrrole nitrogens is 1. The van der Waals surface area contributed by atoms with E-state index in [1.165, 1.54) is 50.5 Å². The fourth-order valence-electron chi connectivity index (χ4n) is 5.93. The molecule has 4 aromatic heterocycles. The van der Waals surface area contributed by atoms with E-state index in [0.717, 1.165) is 52.8 Å². The van der Waals surface area contributed by atoms with Gasteiger partial charge in [-0.05, 0) is 67.7 Å². The Bertz CT molecular complexity index is 1400. The van der Waals surface area contributed by atoms with Crippen LogP contribution < -0.4 is 16.4 Å². The number of hydrogen-bond donors (Lipinski definition) is 4. The molecule has 38 heavy (non-hydrogen) atoms. The normalized spacial score (nSPS) is 21.7. The second kappa shape index (κ2) is 10.6. The zero-order valence-electron chi connectivity index (χ0n) is 22.6. The van der Waals surface area contributed by atoms with Crippen molar-refractivity contribution in [3.05, 3.63) is 42.5 Å². The van der Waals surface area contributed by atoms with Gasteiger partial charge in [0.1, 0.15) is 11.5 Å². The average molecular weight is 513 g/mol. The Morgan fingerprint density at radius 3 is 2.58 bits per heavy atom. The van der Waals surface area contributed by atoms with Crippen LogP contribution in [0.4, 0.5) is 5.82 Å². The van der Waals surface area contributed by atoms with Crippen molar-refractivity contribution >= 4 is 27.8 Å². The van der Waals surface area contributed by atoms with E-state index in [-0.39, 0.29) is 5.41 Å². The number of rotatable bonds is 4. The summed E-state index contributed by atoms with van der Waals surface area (Å²) in [5.74, 6) is 2.22. The first-order chi connectivity index (χ1) is 18.5. The monoisotopic (exact) mass is 512 g/mol. The van der Waals surface area contributed by atoms with Gasteiger partial charge in [-0.1, -0.05) is 33.1 Å². The third-order valence-corrected chi connectivity index (χ3v) is 8.45. The van der Waals surface area contributed by atoms with Gasteiger partial charge in [-0.2, -0.15) is 0 Å². The van der Waals surface area contributed by atoms with Crippen molar-refractivity contribution in [1.29, 1.82) is 0 Å². The SMILES string of the molecule is CC1(C)CNCCC1Nc1nc(-c2ccnc3[nH]ccc23)nc2cncc(C3CC3)c12.NC1CCCCC1. The number of aromatic amines is 1. The highest BCUT2D eigenvalue weighted by Crippen LogP contribution is 2.45. The van der Waals surface area contributed by atoms with Crippen LogP contribution in [0.5, 0.6) is 0 Å². The number of fused-ring (bicyclic) bond motifs is 2. The van der Waals surface area contributed by atoms with Crippen molar-refractivity contribution in [2.45, 2.75) is 83.2 Å². The van der Waals surface area contributed by atoms with E-state index in [0.29, 0.717) is 23.8 Å². The standard InChI is InChI=1S/C24H27N7.C6H13N/c1-24(2)13-25-8-7-19(24)30-23-20-17(14-3-4-14)11-26-12-18(20)29-22(31-23)16-6-10-28-21-15(16)5-9-27-21;7-6-4-2-1-3-5-6/h5-6,9-12,14,19,25H,3-4,7-8,13H2,1-2H3,(H,27,28)(H,29,30,31);6H,1-5,7H2. The summed E-state index contributed by atoms with van der Waals surface area (Å²) >= 11 is 0. The molecule has 3 aliphatic rings. The first-order valence-electron chi connectivity index (χ1n) is 14.3.